The van der Waals surface area contributed by atoms with Gasteiger partial charge in [-0.3, -0.25) is 19.7 Å². The van der Waals surface area contributed by atoms with Gasteiger partial charge in [0.05, 0.1) is 5.69 Å². The van der Waals surface area contributed by atoms with Crippen molar-refractivity contribution in [3.05, 3.63) is 70.9 Å². The number of aromatic nitrogens is 1. The van der Waals surface area contributed by atoms with E-state index in [1.54, 1.807) is 30.0 Å². The minimum Gasteiger partial charge on any atom is -0.385 e. The Labute approximate surface area is 208 Å². The summed E-state index contributed by atoms with van der Waals surface area (Å²) < 4.78 is 6.77. The second-order valence-corrected chi connectivity index (χ2v) is 8.60. The number of nitrogens with zero attached hydrogens (tertiary/aromatic N) is 2. The number of amides is 5. The fraction of sp³-hybridized carbons (Fsp3) is 0.259. The highest BCUT2D eigenvalue weighted by molar-refractivity contribution is 6.39. The van der Waals surface area contributed by atoms with Crippen molar-refractivity contribution in [3.63, 3.8) is 0 Å². The molecule has 0 atom stereocenters. The van der Waals surface area contributed by atoms with Crippen molar-refractivity contribution >= 4 is 46.4 Å². The van der Waals surface area contributed by atoms with Gasteiger partial charge < -0.3 is 14.6 Å². The molecule has 0 aliphatic carbocycles. The third-order valence-electron chi connectivity index (χ3n) is 6.20. The lowest BCUT2D eigenvalue weighted by molar-refractivity contribution is -0.123. The Kier molecular flexibility index (Phi) is 7.30. The first-order chi connectivity index (χ1) is 17.3. The van der Waals surface area contributed by atoms with Crippen LogP contribution >= 0.6 is 0 Å². The van der Waals surface area contributed by atoms with Crippen molar-refractivity contribution in [1.29, 1.82) is 0 Å². The average molecular weight is 489 g/mol. The molecule has 9 nitrogen and oxygen atoms in total. The number of imide groups is 2. The van der Waals surface area contributed by atoms with Crippen LogP contribution in [0.1, 0.15) is 23.1 Å². The SMILES string of the molecule is COCCCNC(=O)Cn1cc(/C=C2\C(=O)NC(=O)N(c3cccc(C)c3C)C2=O)c2ccccc21. The second kappa shape index (κ2) is 10.6. The first kappa shape index (κ1) is 24.9. The summed E-state index contributed by atoms with van der Waals surface area (Å²) in [5.41, 5.74) is 3.31. The summed E-state index contributed by atoms with van der Waals surface area (Å²) in [7, 11) is 1.61. The van der Waals surface area contributed by atoms with E-state index in [1.807, 2.05) is 44.2 Å². The van der Waals surface area contributed by atoms with E-state index in [4.69, 9.17) is 4.74 Å². The van der Waals surface area contributed by atoms with Crippen LogP contribution in [0.25, 0.3) is 17.0 Å². The van der Waals surface area contributed by atoms with Gasteiger partial charge in [0.15, 0.2) is 0 Å². The van der Waals surface area contributed by atoms with Gasteiger partial charge in [-0.1, -0.05) is 30.3 Å². The molecule has 0 saturated carbocycles. The lowest BCUT2D eigenvalue weighted by Gasteiger charge is -2.28. The molecule has 1 aromatic heterocycles. The predicted molar refractivity (Wildman–Crippen MR) is 136 cm³/mol. The monoisotopic (exact) mass is 488 g/mol. The van der Waals surface area contributed by atoms with Gasteiger partial charge in [-0.25, -0.2) is 9.69 Å². The number of anilines is 1. The van der Waals surface area contributed by atoms with E-state index in [-0.39, 0.29) is 18.0 Å². The van der Waals surface area contributed by atoms with Crippen LogP contribution in [0.4, 0.5) is 10.5 Å². The highest BCUT2D eigenvalue weighted by Gasteiger charge is 2.37. The summed E-state index contributed by atoms with van der Waals surface area (Å²) in [6.07, 6.45) is 3.90. The lowest BCUT2D eigenvalue weighted by atomic mass is 10.0. The molecule has 0 bridgehead atoms. The molecule has 1 saturated heterocycles. The van der Waals surface area contributed by atoms with Crippen molar-refractivity contribution < 1.29 is 23.9 Å². The molecule has 4 rings (SSSR count). The third kappa shape index (κ3) is 4.92. The van der Waals surface area contributed by atoms with Crippen LogP contribution in [0.15, 0.2) is 54.2 Å². The van der Waals surface area contributed by atoms with E-state index < -0.39 is 17.8 Å². The molecule has 186 valence electrons. The number of methoxy groups -OCH3 is 1. The molecule has 0 radical (unpaired) electrons. The van der Waals surface area contributed by atoms with Gasteiger partial charge in [0.25, 0.3) is 11.8 Å². The number of rotatable bonds is 8. The minimum absolute atomic E-state index is 0.0733. The Hall–Kier alpha value is -4.24. The van der Waals surface area contributed by atoms with Crippen LogP contribution < -0.4 is 15.5 Å². The molecule has 1 aliphatic heterocycles. The highest BCUT2D eigenvalue weighted by atomic mass is 16.5. The van der Waals surface area contributed by atoms with E-state index in [9.17, 15) is 19.2 Å². The van der Waals surface area contributed by atoms with E-state index in [1.165, 1.54) is 6.08 Å². The lowest BCUT2D eigenvalue weighted by Crippen LogP contribution is -2.54. The number of fused-ring (bicyclic) bond motifs is 1. The number of aryl methyl sites for hydroxylation is 1. The topological polar surface area (TPSA) is 110 Å². The molecule has 9 heteroatoms. The Morgan fingerprint density at radius 2 is 1.86 bits per heavy atom. The number of urea groups is 1. The van der Waals surface area contributed by atoms with Gasteiger partial charge in [0, 0.05) is 42.9 Å². The average Bonchev–Trinajstić information content (AvgIpc) is 3.19. The van der Waals surface area contributed by atoms with Crippen LogP contribution in [0, 0.1) is 13.8 Å². The maximum Gasteiger partial charge on any atom is 0.335 e. The summed E-state index contributed by atoms with van der Waals surface area (Å²) in [4.78, 5) is 52.2. The van der Waals surface area contributed by atoms with Crippen molar-refractivity contribution in [2.45, 2.75) is 26.8 Å². The fourth-order valence-electron chi connectivity index (χ4n) is 4.19. The predicted octanol–water partition coefficient (Wildman–Crippen LogP) is 3.08. The van der Waals surface area contributed by atoms with Gasteiger partial charge in [0.1, 0.15) is 12.1 Å². The van der Waals surface area contributed by atoms with E-state index in [0.29, 0.717) is 30.8 Å². The summed E-state index contributed by atoms with van der Waals surface area (Å²) in [5.74, 6) is -1.63. The number of nitrogens with one attached hydrogen (secondary N) is 2. The normalized spacial score (nSPS) is 15.0. The molecule has 2 aromatic carbocycles. The van der Waals surface area contributed by atoms with Crippen LogP contribution in [0.2, 0.25) is 0 Å². The molecule has 3 aromatic rings. The highest BCUT2D eigenvalue weighted by Crippen LogP contribution is 2.29. The largest absolute Gasteiger partial charge is 0.385 e. The van der Waals surface area contributed by atoms with E-state index in [2.05, 4.69) is 10.6 Å². The molecular formula is C27H28N4O5. The van der Waals surface area contributed by atoms with Gasteiger partial charge in [-0.2, -0.15) is 0 Å². The molecule has 0 spiro atoms. The quantitative estimate of drug-likeness (QED) is 0.288. The molecule has 36 heavy (non-hydrogen) atoms. The zero-order valence-corrected chi connectivity index (χ0v) is 20.5. The Morgan fingerprint density at radius 3 is 2.64 bits per heavy atom. The molecule has 2 N–H and O–H groups in total. The summed E-state index contributed by atoms with van der Waals surface area (Å²) >= 11 is 0. The van der Waals surface area contributed by atoms with E-state index >= 15 is 0 Å². The Bertz CT molecular complexity index is 1390. The molecule has 1 aliphatic rings. The Balaban J connectivity index is 1.68. The molecule has 0 unspecified atom stereocenters. The number of hydrogen-bond acceptors (Lipinski definition) is 5. The van der Waals surface area contributed by atoms with Crippen molar-refractivity contribution in [2.24, 2.45) is 0 Å². The summed E-state index contributed by atoms with van der Waals surface area (Å²) in [6.45, 7) is 4.83. The first-order valence-corrected chi connectivity index (χ1v) is 11.6. The van der Waals surface area contributed by atoms with Crippen LogP contribution in [0.5, 0.6) is 0 Å². The zero-order chi connectivity index (χ0) is 25.8. The number of carbonyl (C=O) groups is 4. The van der Waals surface area contributed by atoms with Gasteiger partial charge in [-0.15, -0.1) is 0 Å². The molecule has 1 fully saturated rings. The van der Waals surface area contributed by atoms with Crippen LogP contribution in [-0.2, 0) is 25.7 Å². The third-order valence-corrected chi connectivity index (χ3v) is 6.20. The summed E-state index contributed by atoms with van der Waals surface area (Å²) in [6, 6.07) is 11.9. The van der Waals surface area contributed by atoms with Crippen molar-refractivity contribution in [3.8, 4) is 0 Å². The molecular weight excluding hydrogens is 460 g/mol. The number of para-hydroxylation sites is 1. The van der Waals surface area contributed by atoms with Gasteiger partial charge in [0.2, 0.25) is 5.91 Å². The number of barbiturate groups is 1. The van der Waals surface area contributed by atoms with E-state index in [0.717, 1.165) is 26.9 Å². The summed E-state index contributed by atoms with van der Waals surface area (Å²) in [5, 5.41) is 5.90. The van der Waals surface area contributed by atoms with Gasteiger partial charge >= 0.3 is 6.03 Å². The van der Waals surface area contributed by atoms with Crippen molar-refractivity contribution in [1.82, 2.24) is 15.2 Å². The second-order valence-electron chi connectivity index (χ2n) is 8.60. The smallest absolute Gasteiger partial charge is 0.335 e. The maximum atomic E-state index is 13.4. The standard InChI is InChI=1S/C27H28N4O5/c1-17-8-6-11-22(18(17)2)31-26(34)21(25(33)29-27(31)35)14-19-15-30(23-10-5-4-9-20(19)23)16-24(32)28-12-7-13-36-3/h4-6,8-11,14-15H,7,12-13,16H2,1-3H3,(H,28,32)(H,29,33,35)/b21-14+. The number of benzene rings is 2. The zero-order valence-electron chi connectivity index (χ0n) is 20.5. The van der Waals surface area contributed by atoms with Gasteiger partial charge in [-0.05, 0) is 49.6 Å². The Morgan fingerprint density at radius 1 is 1.08 bits per heavy atom. The molecule has 2 heterocycles. The maximum absolute atomic E-state index is 13.4. The first-order valence-electron chi connectivity index (χ1n) is 11.6. The number of ether oxygens (including phenoxy) is 1. The van der Waals surface area contributed by atoms with Crippen LogP contribution in [-0.4, -0.2) is 48.6 Å². The molecule has 5 amide bonds. The minimum atomic E-state index is -0.788. The number of carbonyl (C=O) groups excluding carboxylic acids is 4. The van der Waals surface area contributed by atoms with Crippen LogP contribution in [0.3, 0.4) is 0 Å². The fourth-order valence-corrected chi connectivity index (χ4v) is 4.19. The number of hydrogen-bond donors (Lipinski definition) is 2. The van der Waals surface area contributed by atoms with Crippen molar-refractivity contribution in [2.75, 3.05) is 25.2 Å².